The summed E-state index contributed by atoms with van der Waals surface area (Å²) in [4.78, 5) is 27.3. The number of likely N-dealkylation sites (N-methyl/N-ethyl adjacent to an activating group) is 1. The highest BCUT2D eigenvalue weighted by atomic mass is 16.2. The SMILES string of the molecule is CCCCN(CC)CC(=O)N1CCC(C(N)=O)CC1. The van der Waals surface area contributed by atoms with Crippen LogP contribution in [0.4, 0.5) is 0 Å². The van der Waals surface area contributed by atoms with Gasteiger partial charge in [-0.05, 0) is 32.4 Å². The molecule has 1 fully saturated rings. The number of nitrogens with zero attached hydrogens (tertiary/aromatic N) is 2. The third-order valence-electron chi connectivity index (χ3n) is 3.88. The predicted octanol–water partition coefficient (Wildman–Crippen LogP) is 0.832. The second-order valence-corrected chi connectivity index (χ2v) is 5.28. The number of nitrogens with two attached hydrogens (primary N) is 1. The van der Waals surface area contributed by atoms with E-state index in [9.17, 15) is 9.59 Å². The maximum Gasteiger partial charge on any atom is 0.236 e. The molecule has 0 aromatic rings. The van der Waals surface area contributed by atoms with E-state index >= 15 is 0 Å². The lowest BCUT2D eigenvalue weighted by atomic mass is 9.96. The van der Waals surface area contributed by atoms with Crippen molar-refractivity contribution in [2.75, 3.05) is 32.7 Å². The first-order chi connectivity index (χ1) is 9.08. The van der Waals surface area contributed by atoms with Gasteiger partial charge in [0.1, 0.15) is 0 Å². The summed E-state index contributed by atoms with van der Waals surface area (Å²) < 4.78 is 0. The molecule has 0 spiro atoms. The molecule has 1 aliphatic heterocycles. The molecule has 110 valence electrons. The van der Waals surface area contributed by atoms with Gasteiger partial charge in [0.05, 0.1) is 6.54 Å². The first kappa shape index (κ1) is 16.0. The highest BCUT2D eigenvalue weighted by Crippen LogP contribution is 2.16. The third kappa shape index (κ3) is 5.19. The van der Waals surface area contributed by atoms with Crippen LogP contribution >= 0.6 is 0 Å². The monoisotopic (exact) mass is 269 g/mol. The number of hydrogen-bond acceptors (Lipinski definition) is 3. The third-order valence-corrected chi connectivity index (χ3v) is 3.88. The fourth-order valence-electron chi connectivity index (χ4n) is 2.44. The number of hydrogen-bond donors (Lipinski definition) is 1. The van der Waals surface area contributed by atoms with Crippen LogP contribution < -0.4 is 5.73 Å². The van der Waals surface area contributed by atoms with Gasteiger partial charge in [-0.15, -0.1) is 0 Å². The molecule has 0 bridgehead atoms. The summed E-state index contributed by atoms with van der Waals surface area (Å²) in [6.07, 6.45) is 3.70. The zero-order chi connectivity index (χ0) is 14.3. The van der Waals surface area contributed by atoms with Crippen molar-refractivity contribution >= 4 is 11.8 Å². The van der Waals surface area contributed by atoms with E-state index in [1.807, 2.05) is 4.90 Å². The lowest BCUT2D eigenvalue weighted by Crippen LogP contribution is -2.46. The maximum atomic E-state index is 12.2. The van der Waals surface area contributed by atoms with Crippen molar-refractivity contribution in [1.82, 2.24) is 9.80 Å². The average Bonchev–Trinajstić information content (AvgIpc) is 2.43. The molecule has 1 rings (SSSR count). The number of piperidine rings is 1. The molecular formula is C14H27N3O2. The Labute approximate surface area is 116 Å². The zero-order valence-corrected chi connectivity index (χ0v) is 12.2. The zero-order valence-electron chi connectivity index (χ0n) is 12.2. The summed E-state index contributed by atoms with van der Waals surface area (Å²) in [7, 11) is 0. The van der Waals surface area contributed by atoms with Gasteiger partial charge in [-0.3, -0.25) is 14.5 Å². The largest absolute Gasteiger partial charge is 0.369 e. The van der Waals surface area contributed by atoms with Crippen molar-refractivity contribution < 1.29 is 9.59 Å². The molecule has 1 saturated heterocycles. The molecule has 19 heavy (non-hydrogen) atoms. The molecule has 1 aliphatic rings. The summed E-state index contributed by atoms with van der Waals surface area (Å²) in [5, 5.41) is 0. The minimum absolute atomic E-state index is 0.0496. The maximum absolute atomic E-state index is 12.2. The topological polar surface area (TPSA) is 66.6 Å². The Morgan fingerprint density at radius 2 is 1.89 bits per heavy atom. The van der Waals surface area contributed by atoms with E-state index in [4.69, 9.17) is 5.73 Å². The first-order valence-electron chi connectivity index (χ1n) is 7.37. The number of primary amides is 1. The van der Waals surface area contributed by atoms with Crippen molar-refractivity contribution in [2.24, 2.45) is 11.7 Å². The van der Waals surface area contributed by atoms with Crippen LogP contribution in [0.25, 0.3) is 0 Å². The van der Waals surface area contributed by atoms with Crippen LogP contribution in [-0.2, 0) is 9.59 Å². The minimum atomic E-state index is -0.231. The lowest BCUT2D eigenvalue weighted by Gasteiger charge is -2.32. The Kier molecular flexibility index (Phi) is 6.84. The summed E-state index contributed by atoms with van der Waals surface area (Å²) >= 11 is 0. The fraction of sp³-hybridized carbons (Fsp3) is 0.857. The molecule has 0 atom stereocenters. The molecule has 1 heterocycles. The Morgan fingerprint density at radius 1 is 1.26 bits per heavy atom. The highest BCUT2D eigenvalue weighted by Gasteiger charge is 2.26. The van der Waals surface area contributed by atoms with E-state index in [1.54, 1.807) is 0 Å². The quantitative estimate of drug-likeness (QED) is 0.744. The van der Waals surface area contributed by atoms with Gasteiger partial charge in [0, 0.05) is 19.0 Å². The number of rotatable bonds is 7. The molecule has 5 nitrogen and oxygen atoms in total. The van der Waals surface area contributed by atoms with Crippen LogP contribution in [0, 0.1) is 5.92 Å². The van der Waals surface area contributed by atoms with Crippen molar-refractivity contribution in [3.05, 3.63) is 0 Å². The number of likely N-dealkylation sites (tertiary alicyclic amines) is 1. The Balaban J connectivity index is 2.35. The minimum Gasteiger partial charge on any atom is -0.369 e. The van der Waals surface area contributed by atoms with E-state index in [0.717, 1.165) is 25.9 Å². The number of amides is 2. The van der Waals surface area contributed by atoms with Gasteiger partial charge < -0.3 is 10.6 Å². The molecule has 0 radical (unpaired) electrons. The smallest absolute Gasteiger partial charge is 0.236 e. The van der Waals surface area contributed by atoms with Crippen LogP contribution in [0.2, 0.25) is 0 Å². The van der Waals surface area contributed by atoms with Gasteiger partial charge in [0.2, 0.25) is 11.8 Å². The summed E-state index contributed by atoms with van der Waals surface area (Å²) in [6, 6.07) is 0. The van der Waals surface area contributed by atoms with Crippen LogP contribution in [0.5, 0.6) is 0 Å². The van der Waals surface area contributed by atoms with Crippen molar-refractivity contribution in [3.8, 4) is 0 Å². The lowest BCUT2D eigenvalue weighted by molar-refractivity contribution is -0.135. The van der Waals surface area contributed by atoms with Crippen LogP contribution in [0.3, 0.4) is 0 Å². The van der Waals surface area contributed by atoms with Gasteiger partial charge in [-0.2, -0.15) is 0 Å². The first-order valence-corrected chi connectivity index (χ1v) is 7.37. The van der Waals surface area contributed by atoms with E-state index in [2.05, 4.69) is 18.7 Å². The molecule has 0 saturated carbocycles. The molecule has 0 aromatic heterocycles. The van der Waals surface area contributed by atoms with E-state index in [-0.39, 0.29) is 17.7 Å². The second-order valence-electron chi connectivity index (χ2n) is 5.28. The highest BCUT2D eigenvalue weighted by molar-refractivity contribution is 5.80. The van der Waals surface area contributed by atoms with Crippen molar-refractivity contribution in [1.29, 1.82) is 0 Å². The average molecular weight is 269 g/mol. The molecule has 5 heteroatoms. The van der Waals surface area contributed by atoms with Crippen LogP contribution in [0.15, 0.2) is 0 Å². The molecule has 0 aromatic carbocycles. The van der Waals surface area contributed by atoms with E-state index < -0.39 is 0 Å². The van der Waals surface area contributed by atoms with Gasteiger partial charge in [-0.25, -0.2) is 0 Å². The number of carbonyl (C=O) groups is 2. The Hall–Kier alpha value is -1.10. The standard InChI is InChI=1S/C14H27N3O2/c1-3-5-8-16(4-2)11-13(18)17-9-6-12(7-10-17)14(15)19/h12H,3-11H2,1-2H3,(H2,15,19). The van der Waals surface area contributed by atoms with Crippen molar-refractivity contribution in [2.45, 2.75) is 39.5 Å². The number of unbranched alkanes of at least 4 members (excludes halogenated alkanes) is 1. The van der Waals surface area contributed by atoms with Crippen LogP contribution in [-0.4, -0.2) is 54.3 Å². The molecule has 2 N–H and O–H groups in total. The second kappa shape index (κ2) is 8.15. The van der Waals surface area contributed by atoms with Gasteiger partial charge >= 0.3 is 0 Å². The normalized spacial score (nSPS) is 16.9. The summed E-state index contributed by atoms with van der Waals surface area (Å²) in [6.45, 7) is 7.96. The van der Waals surface area contributed by atoms with E-state index in [0.29, 0.717) is 32.5 Å². The summed E-state index contributed by atoms with van der Waals surface area (Å²) in [5.74, 6) is -0.0995. The Bertz CT molecular complexity index is 299. The van der Waals surface area contributed by atoms with E-state index in [1.165, 1.54) is 0 Å². The van der Waals surface area contributed by atoms with Gasteiger partial charge in [0.25, 0.3) is 0 Å². The van der Waals surface area contributed by atoms with Crippen molar-refractivity contribution in [3.63, 3.8) is 0 Å². The fourth-order valence-corrected chi connectivity index (χ4v) is 2.44. The molecule has 2 amide bonds. The van der Waals surface area contributed by atoms with Gasteiger partial charge in [0.15, 0.2) is 0 Å². The van der Waals surface area contributed by atoms with Gasteiger partial charge in [-0.1, -0.05) is 20.3 Å². The number of carbonyl (C=O) groups excluding carboxylic acids is 2. The molecule has 0 aliphatic carbocycles. The summed E-state index contributed by atoms with van der Waals surface area (Å²) in [5.41, 5.74) is 5.30. The molecular weight excluding hydrogens is 242 g/mol. The molecule has 0 unspecified atom stereocenters. The predicted molar refractivity (Wildman–Crippen MR) is 75.5 cm³/mol. The Morgan fingerprint density at radius 3 is 2.37 bits per heavy atom. The van der Waals surface area contributed by atoms with Crippen LogP contribution in [0.1, 0.15) is 39.5 Å².